The van der Waals surface area contributed by atoms with Crippen LogP contribution in [-0.2, 0) is 19.9 Å². The van der Waals surface area contributed by atoms with Crippen molar-refractivity contribution < 1.29 is 19.2 Å². The van der Waals surface area contributed by atoms with E-state index in [1.807, 2.05) is 19.9 Å². The van der Waals surface area contributed by atoms with Gasteiger partial charge in [0.15, 0.2) is 0 Å². The maximum Gasteiger partial charge on any atom is 0.325 e. The minimum Gasteiger partial charge on any atom is -0.354 e. The zero-order valence-corrected chi connectivity index (χ0v) is 16.6. The van der Waals surface area contributed by atoms with Crippen molar-refractivity contribution in [2.24, 2.45) is 0 Å². The number of nitrogens with zero attached hydrogens (tertiary/aromatic N) is 1. The second-order valence-electron chi connectivity index (χ2n) is 6.92. The highest BCUT2D eigenvalue weighted by Gasteiger charge is 2.52. The fourth-order valence-electron chi connectivity index (χ4n) is 3.27. The standard InChI is InChI=1S/C20H28N4O4/c1-4-11-20(15-9-7-6-8-10-15)18(27)24(19(28)23-20)13-16(25)22-14(3)17(26)21-12-5-2/h6-10,14H,4-5,11-13H2,1-3H3,(H,21,26)(H,22,25)(H,23,28)/t14-,20-/m0/s1. The summed E-state index contributed by atoms with van der Waals surface area (Å²) in [5.74, 6) is -1.33. The third kappa shape index (κ3) is 4.49. The fourth-order valence-corrected chi connectivity index (χ4v) is 3.27. The number of amides is 5. The summed E-state index contributed by atoms with van der Waals surface area (Å²) in [5, 5.41) is 7.99. The molecule has 0 saturated carbocycles. The van der Waals surface area contributed by atoms with E-state index in [0.717, 1.165) is 11.3 Å². The molecule has 1 aliphatic heterocycles. The number of imide groups is 1. The summed E-state index contributed by atoms with van der Waals surface area (Å²) in [6.07, 6.45) is 1.89. The molecule has 1 aromatic rings. The number of carbonyl (C=O) groups excluding carboxylic acids is 4. The van der Waals surface area contributed by atoms with Crippen LogP contribution < -0.4 is 16.0 Å². The van der Waals surface area contributed by atoms with Crippen molar-refractivity contribution in [1.29, 1.82) is 0 Å². The highest BCUT2D eigenvalue weighted by atomic mass is 16.2. The second-order valence-corrected chi connectivity index (χ2v) is 6.92. The quantitative estimate of drug-likeness (QED) is 0.554. The molecule has 152 valence electrons. The molecular weight excluding hydrogens is 360 g/mol. The Morgan fingerprint density at radius 3 is 2.43 bits per heavy atom. The number of carbonyl (C=O) groups is 4. The Hall–Kier alpha value is -2.90. The normalized spacial score (nSPS) is 19.9. The predicted molar refractivity (Wildman–Crippen MR) is 104 cm³/mol. The largest absolute Gasteiger partial charge is 0.354 e. The molecule has 1 aromatic carbocycles. The Balaban J connectivity index is 2.10. The minimum atomic E-state index is -1.17. The van der Waals surface area contributed by atoms with Crippen LogP contribution in [0.5, 0.6) is 0 Å². The van der Waals surface area contributed by atoms with Gasteiger partial charge in [0.25, 0.3) is 5.91 Å². The molecule has 0 aromatic heterocycles. The molecule has 0 unspecified atom stereocenters. The number of rotatable bonds is 9. The Morgan fingerprint density at radius 2 is 1.82 bits per heavy atom. The van der Waals surface area contributed by atoms with Crippen molar-refractivity contribution in [3.05, 3.63) is 35.9 Å². The first-order valence-electron chi connectivity index (χ1n) is 9.62. The van der Waals surface area contributed by atoms with E-state index in [9.17, 15) is 19.2 Å². The monoisotopic (exact) mass is 388 g/mol. The van der Waals surface area contributed by atoms with Crippen LogP contribution >= 0.6 is 0 Å². The maximum absolute atomic E-state index is 13.1. The molecule has 0 spiro atoms. The van der Waals surface area contributed by atoms with Crippen molar-refractivity contribution in [3.63, 3.8) is 0 Å². The van der Waals surface area contributed by atoms with Gasteiger partial charge in [0.1, 0.15) is 18.1 Å². The SMILES string of the molecule is CCCNC(=O)[C@H](C)NC(=O)CN1C(=O)N[C@@](CCC)(c2ccccc2)C1=O. The van der Waals surface area contributed by atoms with E-state index in [-0.39, 0.29) is 5.91 Å². The lowest BCUT2D eigenvalue weighted by Gasteiger charge is -2.27. The van der Waals surface area contributed by atoms with Crippen LogP contribution in [0.1, 0.15) is 45.6 Å². The Kier molecular flexibility index (Phi) is 7.14. The highest BCUT2D eigenvalue weighted by molar-refractivity contribution is 6.09. The molecule has 28 heavy (non-hydrogen) atoms. The molecule has 5 amide bonds. The first-order valence-corrected chi connectivity index (χ1v) is 9.62. The summed E-state index contributed by atoms with van der Waals surface area (Å²) < 4.78 is 0. The van der Waals surface area contributed by atoms with Gasteiger partial charge in [0.2, 0.25) is 11.8 Å². The molecule has 1 heterocycles. The van der Waals surface area contributed by atoms with E-state index >= 15 is 0 Å². The van der Waals surface area contributed by atoms with Crippen LogP contribution in [0, 0.1) is 0 Å². The average molecular weight is 388 g/mol. The second kappa shape index (κ2) is 9.34. The molecule has 2 rings (SSSR count). The van der Waals surface area contributed by atoms with Gasteiger partial charge in [0, 0.05) is 6.54 Å². The smallest absolute Gasteiger partial charge is 0.325 e. The summed E-state index contributed by atoms with van der Waals surface area (Å²) in [4.78, 5) is 50.7. The molecular formula is C20H28N4O4. The highest BCUT2D eigenvalue weighted by Crippen LogP contribution is 2.33. The Bertz CT molecular complexity index is 737. The van der Waals surface area contributed by atoms with Crippen LogP contribution in [0.4, 0.5) is 4.79 Å². The van der Waals surface area contributed by atoms with Gasteiger partial charge >= 0.3 is 6.03 Å². The lowest BCUT2D eigenvalue weighted by molar-refractivity contribution is -0.136. The molecule has 0 aliphatic carbocycles. The summed E-state index contributed by atoms with van der Waals surface area (Å²) in [5.41, 5.74) is -0.484. The van der Waals surface area contributed by atoms with Crippen molar-refractivity contribution >= 4 is 23.8 Å². The van der Waals surface area contributed by atoms with Crippen molar-refractivity contribution in [2.75, 3.05) is 13.1 Å². The molecule has 1 saturated heterocycles. The number of urea groups is 1. The Labute approximate surface area is 165 Å². The number of nitrogens with one attached hydrogen (secondary N) is 3. The molecule has 2 atom stereocenters. The van der Waals surface area contributed by atoms with Crippen molar-refractivity contribution in [1.82, 2.24) is 20.9 Å². The third-order valence-electron chi connectivity index (χ3n) is 4.69. The van der Waals surface area contributed by atoms with Crippen LogP contribution in [0.2, 0.25) is 0 Å². The van der Waals surface area contributed by atoms with E-state index in [1.165, 1.54) is 0 Å². The minimum absolute atomic E-state index is 0.308. The lowest BCUT2D eigenvalue weighted by Crippen LogP contribution is -2.49. The van der Waals surface area contributed by atoms with Crippen LogP contribution in [0.3, 0.4) is 0 Å². The number of hydrogen-bond donors (Lipinski definition) is 3. The lowest BCUT2D eigenvalue weighted by atomic mass is 9.85. The molecule has 1 aliphatic rings. The van der Waals surface area contributed by atoms with Gasteiger partial charge in [0.05, 0.1) is 0 Å². The topological polar surface area (TPSA) is 108 Å². The Morgan fingerprint density at radius 1 is 1.14 bits per heavy atom. The van der Waals surface area contributed by atoms with Crippen LogP contribution in [-0.4, -0.2) is 47.8 Å². The van der Waals surface area contributed by atoms with E-state index in [0.29, 0.717) is 24.9 Å². The van der Waals surface area contributed by atoms with Crippen molar-refractivity contribution in [3.8, 4) is 0 Å². The summed E-state index contributed by atoms with van der Waals surface area (Å²) in [6, 6.07) is 7.65. The van der Waals surface area contributed by atoms with Gasteiger partial charge < -0.3 is 16.0 Å². The van der Waals surface area contributed by atoms with Crippen LogP contribution in [0.15, 0.2) is 30.3 Å². The van der Waals surface area contributed by atoms with Gasteiger partial charge in [-0.05, 0) is 25.3 Å². The molecule has 1 fully saturated rings. The van der Waals surface area contributed by atoms with Gasteiger partial charge in [-0.3, -0.25) is 19.3 Å². The molecule has 0 radical (unpaired) electrons. The molecule has 3 N–H and O–H groups in total. The summed E-state index contributed by atoms with van der Waals surface area (Å²) in [7, 11) is 0. The van der Waals surface area contributed by atoms with Crippen LogP contribution in [0.25, 0.3) is 0 Å². The van der Waals surface area contributed by atoms with Gasteiger partial charge in [-0.25, -0.2) is 4.79 Å². The fraction of sp³-hybridized carbons (Fsp3) is 0.500. The third-order valence-corrected chi connectivity index (χ3v) is 4.69. The van der Waals surface area contributed by atoms with Crippen molar-refractivity contribution in [2.45, 2.75) is 51.6 Å². The summed E-state index contributed by atoms with van der Waals surface area (Å²) >= 11 is 0. The van der Waals surface area contributed by atoms with Gasteiger partial charge in [-0.15, -0.1) is 0 Å². The van der Waals surface area contributed by atoms with Gasteiger partial charge in [-0.2, -0.15) is 0 Å². The van der Waals surface area contributed by atoms with E-state index in [2.05, 4.69) is 16.0 Å². The number of benzene rings is 1. The first-order chi connectivity index (χ1) is 13.4. The number of hydrogen-bond acceptors (Lipinski definition) is 4. The van der Waals surface area contributed by atoms with Gasteiger partial charge in [-0.1, -0.05) is 50.6 Å². The predicted octanol–water partition coefficient (Wildman–Crippen LogP) is 1.26. The van der Waals surface area contributed by atoms with E-state index in [1.54, 1.807) is 31.2 Å². The van der Waals surface area contributed by atoms with E-state index < -0.39 is 36.0 Å². The summed E-state index contributed by atoms with van der Waals surface area (Å²) in [6.45, 7) is 5.49. The first kappa shape index (κ1) is 21.4. The van der Waals surface area contributed by atoms with E-state index in [4.69, 9.17) is 0 Å². The zero-order chi connectivity index (χ0) is 20.7. The maximum atomic E-state index is 13.1. The zero-order valence-electron chi connectivity index (χ0n) is 16.6. The molecule has 0 bridgehead atoms. The molecule has 8 nitrogen and oxygen atoms in total. The average Bonchev–Trinajstić information content (AvgIpc) is 2.92. The molecule has 8 heteroatoms.